The van der Waals surface area contributed by atoms with Crippen molar-refractivity contribution in [2.75, 3.05) is 7.11 Å². The minimum absolute atomic E-state index is 0.175. The third-order valence-electron chi connectivity index (χ3n) is 3.43. The number of benzene rings is 1. The van der Waals surface area contributed by atoms with Crippen LogP contribution in [0.2, 0.25) is 0 Å². The Bertz CT molecular complexity index is 824. The molecule has 5 nitrogen and oxygen atoms in total. The Morgan fingerprint density at radius 2 is 2.05 bits per heavy atom. The van der Waals surface area contributed by atoms with Crippen LogP contribution in [-0.2, 0) is 6.54 Å². The summed E-state index contributed by atoms with van der Waals surface area (Å²) in [7, 11) is 1.55. The zero-order valence-electron chi connectivity index (χ0n) is 12.5. The maximum Gasteiger partial charge on any atom is 0.255 e. The molecule has 0 bridgehead atoms. The van der Waals surface area contributed by atoms with Crippen LogP contribution in [-0.4, -0.2) is 22.4 Å². The van der Waals surface area contributed by atoms with Gasteiger partial charge < -0.3 is 14.5 Å². The van der Waals surface area contributed by atoms with Gasteiger partial charge in [-0.2, -0.15) is 0 Å². The Hall–Kier alpha value is -2.82. The van der Waals surface area contributed by atoms with Crippen LogP contribution in [0.3, 0.4) is 0 Å². The number of aromatic nitrogens is 2. The van der Waals surface area contributed by atoms with Crippen LogP contribution in [0.25, 0.3) is 5.65 Å². The number of ether oxygens (including phenoxy) is 1. The number of fused-ring (bicyclic) bond motifs is 1. The van der Waals surface area contributed by atoms with E-state index in [-0.39, 0.29) is 5.91 Å². The number of amides is 1. The largest absolute Gasteiger partial charge is 0.496 e. The fourth-order valence-corrected chi connectivity index (χ4v) is 2.34. The van der Waals surface area contributed by atoms with Crippen LogP contribution in [0.4, 0.5) is 0 Å². The molecule has 0 fully saturated rings. The molecule has 112 valence electrons. The quantitative estimate of drug-likeness (QED) is 0.805. The van der Waals surface area contributed by atoms with Crippen molar-refractivity contribution < 1.29 is 9.53 Å². The first-order valence-corrected chi connectivity index (χ1v) is 7.03. The van der Waals surface area contributed by atoms with Gasteiger partial charge in [-0.05, 0) is 30.7 Å². The molecular weight excluding hydrogens is 278 g/mol. The van der Waals surface area contributed by atoms with E-state index in [1.165, 1.54) is 0 Å². The number of carbonyl (C=O) groups is 1. The van der Waals surface area contributed by atoms with Crippen LogP contribution in [0.1, 0.15) is 21.6 Å². The molecule has 0 aliphatic carbocycles. The highest BCUT2D eigenvalue weighted by atomic mass is 16.5. The summed E-state index contributed by atoms with van der Waals surface area (Å²) in [6.07, 6.45) is 3.93. The fourth-order valence-electron chi connectivity index (χ4n) is 2.34. The Kier molecular flexibility index (Phi) is 3.78. The van der Waals surface area contributed by atoms with E-state index in [0.717, 1.165) is 16.9 Å². The van der Waals surface area contributed by atoms with Gasteiger partial charge in [-0.25, -0.2) is 4.98 Å². The van der Waals surface area contributed by atoms with E-state index < -0.39 is 0 Å². The Morgan fingerprint density at radius 3 is 2.86 bits per heavy atom. The van der Waals surface area contributed by atoms with Crippen molar-refractivity contribution in [3.8, 4) is 5.75 Å². The fraction of sp³-hybridized carbons (Fsp3) is 0.176. The lowest BCUT2D eigenvalue weighted by Gasteiger charge is -2.07. The van der Waals surface area contributed by atoms with Crippen LogP contribution in [0.15, 0.2) is 48.8 Å². The number of pyridine rings is 1. The van der Waals surface area contributed by atoms with Crippen molar-refractivity contribution in [1.82, 2.24) is 14.7 Å². The predicted molar refractivity (Wildman–Crippen MR) is 84.1 cm³/mol. The van der Waals surface area contributed by atoms with Gasteiger partial charge in [0.25, 0.3) is 5.91 Å². The molecule has 2 aromatic heterocycles. The second-order valence-electron chi connectivity index (χ2n) is 5.09. The minimum Gasteiger partial charge on any atom is -0.496 e. The summed E-state index contributed by atoms with van der Waals surface area (Å²) < 4.78 is 7.16. The SMILES string of the molecule is COc1ccccc1C(=O)NCc1cn2cc(C)ccc2n1. The lowest BCUT2D eigenvalue weighted by molar-refractivity contribution is 0.0947. The molecule has 0 spiro atoms. The number of nitrogens with zero attached hydrogens (tertiary/aromatic N) is 2. The van der Waals surface area contributed by atoms with E-state index in [9.17, 15) is 4.79 Å². The molecule has 0 saturated heterocycles. The number of para-hydroxylation sites is 1. The first kappa shape index (κ1) is 14.1. The van der Waals surface area contributed by atoms with Crippen molar-refractivity contribution in [1.29, 1.82) is 0 Å². The highest BCUT2D eigenvalue weighted by Crippen LogP contribution is 2.17. The van der Waals surface area contributed by atoms with E-state index in [2.05, 4.69) is 10.3 Å². The van der Waals surface area contributed by atoms with Crippen molar-refractivity contribution in [3.63, 3.8) is 0 Å². The summed E-state index contributed by atoms with van der Waals surface area (Å²) >= 11 is 0. The van der Waals surface area contributed by atoms with Crippen molar-refractivity contribution in [2.24, 2.45) is 0 Å². The summed E-state index contributed by atoms with van der Waals surface area (Å²) in [4.78, 5) is 16.7. The van der Waals surface area contributed by atoms with Crippen molar-refractivity contribution in [3.05, 3.63) is 65.6 Å². The summed E-state index contributed by atoms with van der Waals surface area (Å²) in [5.74, 6) is 0.385. The summed E-state index contributed by atoms with van der Waals surface area (Å²) in [6.45, 7) is 2.40. The number of hydrogen-bond donors (Lipinski definition) is 1. The number of aryl methyl sites for hydroxylation is 1. The zero-order chi connectivity index (χ0) is 15.5. The number of carbonyl (C=O) groups excluding carboxylic acids is 1. The van der Waals surface area contributed by atoms with E-state index >= 15 is 0 Å². The smallest absolute Gasteiger partial charge is 0.255 e. The number of imidazole rings is 1. The third-order valence-corrected chi connectivity index (χ3v) is 3.43. The Balaban J connectivity index is 1.74. The Labute approximate surface area is 128 Å². The molecule has 3 aromatic rings. The summed E-state index contributed by atoms with van der Waals surface area (Å²) in [6, 6.07) is 11.1. The molecule has 22 heavy (non-hydrogen) atoms. The molecule has 0 radical (unpaired) electrons. The van der Waals surface area contributed by atoms with Gasteiger partial charge in [0.2, 0.25) is 0 Å². The van der Waals surface area contributed by atoms with Crippen LogP contribution >= 0.6 is 0 Å². The second-order valence-corrected chi connectivity index (χ2v) is 5.09. The first-order chi connectivity index (χ1) is 10.7. The number of nitrogens with one attached hydrogen (secondary N) is 1. The van der Waals surface area contributed by atoms with E-state index in [4.69, 9.17) is 4.74 Å². The standard InChI is InChI=1S/C17H17N3O2/c1-12-7-8-16-19-13(11-20(16)10-12)9-18-17(21)14-5-3-4-6-15(14)22-2/h3-8,10-11H,9H2,1-2H3,(H,18,21). The highest BCUT2D eigenvalue weighted by molar-refractivity contribution is 5.96. The lowest BCUT2D eigenvalue weighted by atomic mass is 10.2. The molecule has 0 atom stereocenters. The van der Waals surface area contributed by atoms with Crippen LogP contribution in [0, 0.1) is 6.92 Å². The molecule has 1 aromatic carbocycles. The molecule has 0 aliphatic heterocycles. The highest BCUT2D eigenvalue weighted by Gasteiger charge is 2.11. The van der Waals surface area contributed by atoms with Gasteiger partial charge in [0, 0.05) is 12.4 Å². The maximum atomic E-state index is 12.2. The van der Waals surface area contributed by atoms with Gasteiger partial charge in [-0.3, -0.25) is 4.79 Å². The topological polar surface area (TPSA) is 55.6 Å². The monoisotopic (exact) mass is 295 g/mol. The molecule has 0 saturated carbocycles. The van der Waals surface area contributed by atoms with Gasteiger partial charge in [0.05, 0.1) is 24.9 Å². The van der Waals surface area contributed by atoms with Gasteiger partial charge in [-0.1, -0.05) is 18.2 Å². The van der Waals surface area contributed by atoms with E-state index in [1.54, 1.807) is 19.2 Å². The molecule has 3 rings (SSSR count). The third kappa shape index (κ3) is 2.79. The molecule has 2 heterocycles. The van der Waals surface area contributed by atoms with Gasteiger partial charge in [0.1, 0.15) is 11.4 Å². The number of hydrogen-bond acceptors (Lipinski definition) is 3. The second kappa shape index (κ2) is 5.89. The predicted octanol–water partition coefficient (Wildman–Crippen LogP) is 2.58. The lowest BCUT2D eigenvalue weighted by Crippen LogP contribution is -2.23. The average molecular weight is 295 g/mol. The number of methoxy groups -OCH3 is 1. The van der Waals surface area contributed by atoms with E-state index in [1.807, 2.05) is 48.0 Å². The normalized spacial score (nSPS) is 10.6. The first-order valence-electron chi connectivity index (χ1n) is 7.03. The molecular formula is C17H17N3O2. The van der Waals surface area contributed by atoms with Gasteiger partial charge in [0.15, 0.2) is 0 Å². The molecule has 1 N–H and O–H groups in total. The zero-order valence-corrected chi connectivity index (χ0v) is 12.5. The van der Waals surface area contributed by atoms with Crippen molar-refractivity contribution >= 4 is 11.6 Å². The average Bonchev–Trinajstić information content (AvgIpc) is 2.94. The molecule has 0 aliphatic rings. The Morgan fingerprint density at radius 1 is 1.23 bits per heavy atom. The summed E-state index contributed by atoms with van der Waals surface area (Å²) in [5.41, 5.74) is 3.36. The molecule has 1 amide bonds. The van der Waals surface area contributed by atoms with Crippen LogP contribution < -0.4 is 10.1 Å². The number of rotatable bonds is 4. The minimum atomic E-state index is -0.175. The molecule has 0 unspecified atom stereocenters. The summed E-state index contributed by atoms with van der Waals surface area (Å²) in [5, 5.41) is 2.87. The van der Waals surface area contributed by atoms with Gasteiger partial charge >= 0.3 is 0 Å². The van der Waals surface area contributed by atoms with Crippen molar-refractivity contribution in [2.45, 2.75) is 13.5 Å². The molecule has 5 heteroatoms. The van der Waals surface area contributed by atoms with Crippen LogP contribution in [0.5, 0.6) is 5.75 Å². The maximum absolute atomic E-state index is 12.2. The van der Waals surface area contributed by atoms with Gasteiger partial charge in [-0.15, -0.1) is 0 Å². The van der Waals surface area contributed by atoms with E-state index in [0.29, 0.717) is 17.9 Å².